The lowest BCUT2D eigenvalue weighted by atomic mass is 10.1. The molecule has 2 amide bonds. The van der Waals surface area contributed by atoms with Gasteiger partial charge in [0.05, 0.1) is 20.6 Å². The first-order valence-corrected chi connectivity index (χ1v) is 14.4. The highest BCUT2D eigenvalue weighted by molar-refractivity contribution is 7.92. The predicted molar refractivity (Wildman–Crippen MR) is 152 cm³/mol. The number of benzene rings is 3. The van der Waals surface area contributed by atoms with Crippen LogP contribution in [0.2, 0.25) is 10.0 Å². The van der Waals surface area contributed by atoms with Crippen molar-refractivity contribution in [2.24, 2.45) is 0 Å². The Morgan fingerprint density at radius 2 is 1.61 bits per heavy atom. The normalized spacial score (nSPS) is 12.0. The van der Waals surface area contributed by atoms with Gasteiger partial charge in [-0.3, -0.25) is 13.9 Å². The SMILES string of the molecule is CCNC(=O)[C@H](C)N(CCc1ccccc1)C(=O)CN(c1cccc(Cl)c1Cl)S(=O)(=O)c1ccc(C)cc1. The van der Waals surface area contributed by atoms with Crippen molar-refractivity contribution in [1.29, 1.82) is 0 Å². The molecule has 10 heteroatoms. The molecule has 0 fully saturated rings. The quantitative estimate of drug-likeness (QED) is 0.345. The number of rotatable bonds is 11. The van der Waals surface area contributed by atoms with Gasteiger partial charge in [-0.25, -0.2) is 8.42 Å². The van der Waals surface area contributed by atoms with Gasteiger partial charge in [-0.05, 0) is 57.0 Å². The molecular weight excluding hydrogens is 545 g/mol. The number of nitrogens with one attached hydrogen (secondary N) is 1. The minimum atomic E-state index is -4.22. The van der Waals surface area contributed by atoms with Crippen LogP contribution in [0.1, 0.15) is 25.0 Å². The van der Waals surface area contributed by atoms with Crippen molar-refractivity contribution in [1.82, 2.24) is 10.2 Å². The van der Waals surface area contributed by atoms with Crippen LogP contribution in [0, 0.1) is 6.92 Å². The predicted octanol–water partition coefficient (Wildman–Crippen LogP) is 5.09. The van der Waals surface area contributed by atoms with E-state index in [1.54, 1.807) is 32.0 Å². The van der Waals surface area contributed by atoms with E-state index in [0.29, 0.717) is 13.0 Å². The van der Waals surface area contributed by atoms with Gasteiger partial charge in [-0.15, -0.1) is 0 Å². The molecule has 0 saturated carbocycles. The number of hydrogen-bond donors (Lipinski definition) is 1. The van der Waals surface area contributed by atoms with Crippen LogP contribution in [0.5, 0.6) is 0 Å². The molecule has 0 radical (unpaired) electrons. The van der Waals surface area contributed by atoms with Gasteiger partial charge in [-0.1, -0.05) is 77.3 Å². The number of likely N-dealkylation sites (N-methyl/N-ethyl adjacent to an activating group) is 1. The number of amides is 2. The maximum Gasteiger partial charge on any atom is 0.264 e. The molecule has 0 bridgehead atoms. The van der Waals surface area contributed by atoms with E-state index in [4.69, 9.17) is 23.2 Å². The molecule has 0 aliphatic heterocycles. The van der Waals surface area contributed by atoms with Crippen molar-refractivity contribution in [2.45, 2.75) is 38.1 Å². The molecule has 7 nitrogen and oxygen atoms in total. The van der Waals surface area contributed by atoms with Gasteiger partial charge < -0.3 is 10.2 Å². The van der Waals surface area contributed by atoms with Gasteiger partial charge in [-0.2, -0.15) is 0 Å². The maximum absolute atomic E-state index is 13.8. The zero-order valence-electron chi connectivity index (χ0n) is 21.5. The number of nitrogens with zero attached hydrogens (tertiary/aromatic N) is 2. The fraction of sp³-hybridized carbons (Fsp3) is 0.286. The van der Waals surface area contributed by atoms with E-state index >= 15 is 0 Å². The lowest BCUT2D eigenvalue weighted by molar-refractivity contribution is -0.138. The van der Waals surface area contributed by atoms with Crippen LogP contribution >= 0.6 is 23.2 Å². The van der Waals surface area contributed by atoms with E-state index in [1.165, 1.54) is 29.2 Å². The summed E-state index contributed by atoms with van der Waals surface area (Å²) in [5, 5.41) is 2.89. The minimum Gasteiger partial charge on any atom is -0.355 e. The van der Waals surface area contributed by atoms with E-state index in [1.807, 2.05) is 37.3 Å². The molecule has 3 aromatic rings. The molecule has 0 aromatic heterocycles. The number of anilines is 1. The monoisotopic (exact) mass is 575 g/mol. The zero-order chi connectivity index (χ0) is 27.9. The molecule has 38 heavy (non-hydrogen) atoms. The molecule has 0 aliphatic rings. The van der Waals surface area contributed by atoms with E-state index in [-0.39, 0.29) is 33.1 Å². The third kappa shape index (κ3) is 7.07. The minimum absolute atomic E-state index is 0.000415. The van der Waals surface area contributed by atoms with Crippen LogP contribution in [-0.4, -0.2) is 50.8 Å². The lowest BCUT2D eigenvalue weighted by Gasteiger charge is -2.32. The number of halogens is 2. The van der Waals surface area contributed by atoms with Gasteiger partial charge in [0.1, 0.15) is 12.6 Å². The molecule has 1 atom stereocenters. The summed E-state index contributed by atoms with van der Waals surface area (Å²) in [7, 11) is -4.22. The van der Waals surface area contributed by atoms with Crippen molar-refractivity contribution < 1.29 is 18.0 Å². The summed E-state index contributed by atoms with van der Waals surface area (Å²) < 4.78 is 28.6. The average Bonchev–Trinajstić information content (AvgIpc) is 2.90. The molecule has 202 valence electrons. The molecule has 0 aliphatic carbocycles. The van der Waals surface area contributed by atoms with Crippen LogP contribution in [0.3, 0.4) is 0 Å². The van der Waals surface area contributed by atoms with Crippen LogP contribution < -0.4 is 9.62 Å². The number of carbonyl (C=O) groups excluding carboxylic acids is 2. The summed E-state index contributed by atoms with van der Waals surface area (Å²) in [6, 6.07) is 19.6. The first-order chi connectivity index (χ1) is 18.1. The Morgan fingerprint density at radius 3 is 2.24 bits per heavy atom. The van der Waals surface area contributed by atoms with Crippen molar-refractivity contribution >= 4 is 50.7 Å². The first kappa shape index (κ1) is 29.5. The Labute approximate surface area is 234 Å². The Morgan fingerprint density at radius 1 is 0.947 bits per heavy atom. The number of hydrogen-bond acceptors (Lipinski definition) is 4. The van der Waals surface area contributed by atoms with Crippen molar-refractivity contribution in [2.75, 3.05) is 23.9 Å². The molecule has 1 N–H and O–H groups in total. The molecule has 0 spiro atoms. The number of aryl methyl sites for hydroxylation is 1. The summed E-state index contributed by atoms with van der Waals surface area (Å²) in [6.07, 6.45) is 0.485. The fourth-order valence-corrected chi connectivity index (χ4v) is 5.80. The molecule has 3 aromatic carbocycles. The summed E-state index contributed by atoms with van der Waals surface area (Å²) in [5.41, 5.74) is 1.94. The zero-order valence-corrected chi connectivity index (χ0v) is 23.9. The highest BCUT2D eigenvalue weighted by Gasteiger charge is 2.33. The van der Waals surface area contributed by atoms with Crippen molar-refractivity contribution in [3.05, 3.63) is 94.0 Å². The van der Waals surface area contributed by atoms with Gasteiger partial charge >= 0.3 is 0 Å². The second-order valence-corrected chi connectivity index (χ2v) is 11.4. The van der Waals surface area contributed by atoms with E-state index in [0.717, 1.165) is 15.4 Å². The van der Waals surface area contributed by atoms with Crippen molar-refractivity contribution in [3.8, 4) is 0 Å². The van der Waals surface area contributed by atoms with Crippen LogP contribution in [0.15, 0.2) is 77.7 Å². The average molecular weight is 577 g/mol. The van der Waals surface area contributed by atoms with Crippen LogP contribution in [0.25, 0.3) is 0 Å². The molecular formula is C28H31Cl2N3O4S. The second-order valence-electron chi connectivity index (χ2n) is 8.79. The van der Waals surface area contributed by atoms with Gasteiger partial charge in [0, 0.05) is 13.1 Å². The molecule has 0 saturated heterocycles. The number of carbonyl (C=O) groups is 2. The Balaban J connectivity index is 2.02. The summed E-state index contributed by atoms with van der Waals surface area (Å²) in [4.78, 5) is 27.9. The highest BCUT2D eigenvalue weighted by Crippen LogP contribution is 2.35. The molecule has 0 heterocycles. The fourth-order valence-electron chi connectivity index (χ4n) is 3.93. The van der Waals surface area contributed by atoms with Crippen molar-refractivity contribution in [3.63, 3.8) is 0 Å². The summed E-state index contributed by atoms with van der Waals surface area (Å²) in [6.45, 7) is 5.29. The molecule has 3 rings (SSSR count). The van der Waals surface area contributed by atoms with Crippen LogP contribution in [0.4, 0.5) is 5.69 Å². The van der Waals surface area contributed by atoms with Gasteiger partial charge in [0.15, 0.2) is 0 Å². The first-order valence-electron chi connectivity index (χ1n) is 12.2. The van der Waals surface area contributed by atoms with Crippen LogP contribution in [-0.2, 0) is 26.0 Å². The highest BCUT2D eigenvalue weighted by atomic mass is 35.5. The standard InChI is InChI=1S/C28H31Cl2N3O4S/c1-4-31-28(35)21(3)32(18-17-22-9-6-5-7-10-22)26(34)19-33(25-12-8-11-24(29)27(25)30)38(36,37)23-15-13-20(2)14-16-23/h5-16,21H,4,17-19H2,1-3H3,(H,31,35)/t21-/m0/s1. The maximum atomic E-state index is 13.8. The summed E-state index contributed by atoms with van der Waals surface area (Å²) >= 11 is 12.7. The second kappa shape index (κ2) is 13.1. The lowest BCUT2D eigenvalue weighted by Crippen LogP contribution is -2.52. The third-order valence-corrected chi connectivity index (χ3v) is 8.67. The Kier molecular flexibility index (Phi) is 10.2. The smallest absolute Gasteiger partial charge is 0.264 e. The van der Waals surface area contributed by atoms with E-state index in [2.05, 4.69) is 5.32 Å². The Hall–Kier alpha value is -3.07. The Bertz CT molecular complexity index is 1370. The third-order valence-electron chi connectivity index (χ3n) is 6.09. The van der Waals surface area contributed by atoms with Gasteiger partial charge in [0.2, 0.25) is 11.8 Å². The topological polar surface area (TPSA) is 86.8 Å². The summed E-state index contributed by atoms with van der Waals surface area (Å²) in [5.74, 6) is -0.881. The van der Waals surface area contributed by atoms with E-state index < -0.39 is 28.5 Å². The van der Waals surface area contributed by atoms with Gasteiger partial charge in [0.25, 0.3) is 10.0 Å². The number of sulfonamides is 1. The molecule has 0 unspecified atom stereocenters. The van der Waals surface area contributed by atoms with E-state index in [9.17, 15) is 18.0 Å². The largest absolute Gasteiger partial charge is 0.355 e.